The van der Waals surface area contributed by atoms with E-state index in [4.69, 9.17) is 0 Å². The highest BCUT2D eigenvalue weighted by molar-refractivity contribution is 7.88. The van der Waals surface area contributed by atoms with Crippen molar-refractivity contribution < 1.29 is 8.42 Å². The van der Waals surface area contributed by atoms with E-state index < -0.39 is 10.0 Å². The van der Waals surface area contributed by atoms with Crippen LogP contribution in [0.25, 0.3) is 10.6 Å². The van der Waals surface area contributed by atoms with Crippen molar-refractivity contribution in [3.63, 3.8) is 0 Å². The van der Waals surface area contributed by atoms with Gasteiger partial charge >= 0.3 is 0 Å². The molecule has 2 aromatic rings. The predicted molar refractivity (Wildman–Crippen MR) is 81.4 cm³/mol. The van der Waals surface area contributed by atoms with E-state index in [0.29, 0.717) is 19.0 Å². The number of aromatic nitrogens is 3. The Morgan fingerprint density at radius 3 is 2.86 bits per heavy atom. The van der Waals surface area contributed by atoms with Gasteiger partial charge in [0.05, 0.1) is 22.3 Å². The van der Waals surface area contributed by atoms with Crippen LogP contribution in [0.3, 0.4) is 0 Å². The quantitative estimate of drug-likeness (QED) is 0.850. The van der Waals surface area contributed by atoms with Crippen LogP contribution in [0.15, 0.2) is 24.1 Å². The van der Waals surface area contributed by atoms with E-state index in [1.54, 1.807) is 28.4 Å². The summed E-state index contributed by atoms with van der Waals surface area (Å²) in [4.78, 5) is 13.9. The fraction of sp³-hybridized carbons (Fsp3) is 0.462. The van der Waals surface area contributed by atoms with E-state index >= 15 is 0 Å². The van der Waals surface area contributed by atoms with Crippen molar-refractivity contribution in [1.82, 2.24) is 19.3 Å². The molecule has 8 heteroatoms. The van der Waals surface area contributed by atoms with Crippen molar-refractivity contribution in [2.75, 3.05) is 19.3 Å². The van der Waals surface area contributed by atoms with Gasteiger partial charge in [-0.05, 0) is 18.8 Å². The second-order valence-electron chi connectivity index (χ2n) is 5.20. The molecule has 0 aliphatic carbocycles. The zero-order valence-electron chi connectivity index (χ0n) is 11.6. The lowest BCUT2D eigenvalue weighted by Gasteiger charge is -2.13. The molecule has 1 unspecified atom stereocenters. The van der Waals surface area contributed by atoms with E-state index in [9.17, 15) is 8.42 Å². The van der Waals surface area contributed by atoms with Crippen LogP contribution in [0.2, 0.25) is 0 Å². The van der Waals surface area contributed by atoms with E-state index in [0.717, 1.165) is 29.1 Å². The van der Waals surface area contributed by atoms with Gasteiger partial charge < -0.3 is 0 Å². The molecule has 3 heterocycles. The smallest absolute Gasteiger partial charge is 0.211 e. The Morgan fingerprint density at radius 2 is 2.19 bits per heavy atom. The minimum atomic E-state index is -3.09. The molecule has 0 spiro atoms. The Balaban J connectivity index is 1.78. The summed E-state index contributed by atoms with van der Waals surface area (Å²) in [5.41, 5.74) is 3.55. The molecule has 21 heavy (non-hydrogen) atoms. The Labute approximate surface area is 127 Å². The summed E-state index contributed by atoms with van der Waals surface area (Å²) in [6.07, 6.45) is 8.02. The lowest BCUT2D eigenvalue weighted by Crippen LogP contribution is -2.27. The van der Waals surface area contributed by atoms with Crippen molar-refractivity contribution >= 4 is 21.4 Å². The number of nitrogens with zero attached hydrogens (tertiary/aromatic N) is 4. The van der Waals surface area contributed by atoms with Gasteiger partial charge in [0.1, 0.15) is 5.69 Å². The molecule has 1 fully saturated rings. The van der Waals surface area contributed by atoms with Crippen molar-refractivity contribution in [3.05, 3.63) is 29.8 Å². The third kappa shape index (κ3) is 3.28. The molecule has 6 nitrogen and oxygen atoms in total. The van der Waals surface area contributed by atoms with Crippen LogP contribution >= 0.6 is 11.3 Å². The molecule has 2 aromatic heterocycles. The number of sulfonamides is 1. The maximum absolute atomic E-state index is 11.6. The SMILES string of the molecule is CS(=O)(=O)N1CCC(Cc2nccnc2-c2cncs2)C1. The molecule has 3 rings (SSSR count). The first-order valence-electron chi connectivity index (χ1n) is 6.68. The minimum Gasteiger partial charge on any atom is -0.257 e. The van der Waals surface area contributed by atoms with Gasteiger partial charge in [-0.3, -0.25) is 15.0 Å². The largest absolute Gasteiger partial charge is 0.257 e. The molecular weight excluding hydrogens is 308 g/mol. The van der Waals surface area contributed by atoms with Crippen LogP contribution in [0.1, 0.15) is 12.1 Å². The maximum atomic E-state index is 11.6. The van der Waals surface area contributed by atoms with Crippen LogP contribution in [0, 0.1) is 5.92 Å². The number of thiazole rings is 1. The van der Waals surface area contributed by atoms with Crippen LogP contribution in [-0.2, 0) is 16.4 Å². The van der Waals surface area contributed by atoms with Gasteiger partial charge in [-0.25, -0.2) is 12.7 Å². The molecular formula is C13H16N4O2S2. The molecule has 0 bridgehead atoms. The second kappa shape index (κ2) is 5.78. The Kier molecular flexibility index (Phi) is 4.01. The van der Waals surface area contributed by atoms with Crippen LogP contribution in [0.5, 0.6) is 0 Å². The molecule has 1 saturated heterocycles. The average Bonchev–Trinajstić information content (AvgIpc) is 3.09. The van der Waals surface area contributed by atoms with Gasteiger partial charge in [0.2, 0.25) is 10.0 Å². The average molecular weight is 324 g/mol. The van der Waals surface area contributed by atoms with Gasteiger partial charge in [-0.1, -0.05) is 0 Å². The number of rotatable bonds is 4. The molecule has 0 amide bonds. The molecule has 0 radical (unpaired) electrons. The summed E-state index contributed by atoms with van der Waals surface area (Å²) in [5, 5.41) is 0. The maximum Gasteiger partial charge on any atom is 0.211 e. The van der Waals surface area contributed by atoms with Gasteiger partial charge in [0.15, 0.2) is 0 Å². The number of hydrogen-bond acceptors (Lipinski definition) is 6. The highest BCUT2D eigenvalue weighted by Crippen LogP contribution is 2.28. The lowest BCUT2D eigenvalue weighted by molar-refractivity contribution is 0.459. The third-order valence-corrected chi connectivity index (χ3v) is 5.69. The molecule has 0 saturated carbocycles. The second-order valence-corrected chi connectivity index (χ2v) is 8.07. The first-order valence-corrected chi connectivity index (χ1v) is 9.40. The summed E-state index contributed by atoms with van der Waals surface area (Å²) in [6.45, 7) is 1.16. The summed E-state index contributed by atoms with van der Waals surface area (Å²) in [6, 6.07) is 0. The summed E-state index contributed by atoms with van der Waals surface area (Å²) < 4.78 is 24.7. The Morgan fingerprint density at radius 1 is 1.38 bits per heavy atom. The Hall–Kier alpha value is -1.38. The van der Waals surface area contributed by atoms with Crippen molar-refractivity contribution in [3.8, 4) is 10.6 Å². The molecule has 1 aliphatic rings. The van der Waals surface area contributed by atoms with Crippen LogP contribution in [0.4, 0.5) is 0 Å². The fourth-order valence-electron chi connectivity index (χ4n) is 2.59. The standard InChI is InChI=1S/C13H16N4O2S2/c1-21(18,19)17-5-2-10(8-17)6-11-13(16-4-3-15-11)12-7-14-9-20-12/h3-4,7,9-10H,2,5-6,8H2,1H3. The normalized spacial score (nSPS) is 20.0. The summed E-state index contributed by atoms with van der Waals surface area (Å²) >= 11 is 1.53. The van der Waals surface area contributed by atoms with Gasteiger partial charge in [-0.15, -0.1) is 11.3 Å². The topological polar surface area (TPSA) is 76.1 Å². The van der Waals surface area contributed by atoms with Gasteiger partial charge in [0, 0.05) is 31.7 Å². The third-order valence-electron chi connectivity index (χ3n) is 3.64. The summed E-state index contributed by atoms with van der Waals surface area (Å²) in [5.74, 6) is 0.295. The minimum absolute atomic E-state index is 0.295. The fourth-order valence-corrected chi connectivity index (χ4v) is 4.15. The highest BCUT2D eigenvalue weighted by atomic mass is 32.2. The predicted octanol–water partition coefficient (Wildman–Crippen LogP) is 1.42. The van der Waals surface area contributed by atoms with E-state index in [-0.39, 0.29) is 0 Å². The molecule has 1 atom stereocenters. The van der Waals surface area contributed by atoms with Crippen molar-refractivity contribution in [2.45, 2.75) is 12.8 Å². The van der Waals surface area contributed by atoms with Crippen molar-refractivity contribution in [1.29, 1.82) is 0 Å². The summed E-state index contributed by atoms with van der Waals surface area (Å²) in [7, 11) is -3.09. The van der Waals surface area contributed by atoms with Gasteiger partial charge in [0.25, 0.3) is 0 Å². The lowest BCUT2D eigenvalue weighted by atomic mass is 10.0. The molecule has 0 N–H and O–H groups in total. The zero-order chi connectivity index (χ0) is 14.9. The molecule has 112 valence electrons. The number of hydrogen-bond donors (Lipinski definition) is 0. The van der Waals surface area contributed by atoms with Crippen molar-refractivity contribution in [2.24, 2.45) is 5.92 Å². The zero-order valence-corrected chi connectivity index (χ0v) is 13.3. The highest BCUT2D eigenvalue weighted by Gasteiger charge is 2.29. The van der Waals surface area contributed by atoms with E-state index in [1.807, 2.05) is 0 Å². The van der Waals surface area contributed by atoms with Crippen LogP contribution in [-0.4, -0.2) is 47.0 Å². The van der Waals surface area contributed by atoms with Gasteiger partial charge in [-0.2, -0.15) is 0 Å². The molecule has 0 aromatic carbocycles. The molecule has 1 aliphatic heterocycles. The van der Waals surface area contributed by atoms with E-state index in [1.165, 1.54) is 17.6 Å². The monoisotopic (exact) mass is 324 g/mol. The van der Waals surface area contributed by atoms with E-state index in [2.05, 4.69) is 15.0 Å². The first-order chi connectivity index (χ1) is 10.0. The Bertz CT molecular complexity index is 716. The van der Waals surface area contributed by atoms with Crippen LogP contribution < -0.4 is 0 Å². The first kappa shape index (κ1) is 14.6.